The molecule has 1 unspecified atom stereocenters. The van der Waals surface area contributed by atoms with Crippen LogP contribution in [-0.2, 0) is 21.4 Å². The van der Waals surface area contributed by atoms with E-state index in [1.54, 1.807) is 18.2 Å². The smallest absolute Gasteiger partial charge is 0.244 e. The molecule has 1 aliphatic rings. The number of amides is 1. The first-order chi connectivity index (χ1) is 15.0. The van der Waals surface area contributed by atoms with Gasteiger partial charge in [-0.2, -0.15) is 4.72 Å². The van der Waals surface area contributed by atoms with E-state index in [1.807, 2.05) is 33.1 Å². The van der Waals surface area contributed by atoms with Crippen LogP contribution in [0.3, 0.4) is 0 Å². The number of nitrogens with one attached hydrogen (secondary N) is 2. The van der Waals surface area contributed by atoms with Crippen LogP contribution in [0, 0.1) is 25.7 Å². The van der Waals surface area contributed by atoms with Crippen molar-refractivity contribution in [3.05, 3.63) is 40.4 Å². The average Bonchev–Trinajstić information content (AvgIpc) is 3.16. The minimum absolute atomic E-state index is 0.159. The zero-order valence-electron chi connectivity index (χ0n) is 19.5. The summed E-state index contributed by atoms with van der Waals surface area (Å²) in [6.45, 7) is 12.6. The summed E-state index contributed by atoms with van der Waals surface area (Å²) in [4.78, 5) is 20.0. The molecule has 3 rings (SSSR count). The quantitative estimate of drug-likeness (QED) is 0.600. The Morgan fingerprint density at radius 2 is 1.91 bits per heavy atom. The fourth-order valence-electron chi connectivity index (χ4n) is 3.68. The SMILES string of the molecule is Cc1ccc(S(=O)(=O)NC(C(=O)Nc2nc(CN3CCC(C)CC3)cs2)C(C)C)cc1C. The first kappa shape index (κ1) is 24.8. The number of likely N-dealkylation sites (tertiary alicyclic amines) is 1. The number of nitrogens with zero attached hydrogens (tertiary/aromatic N) is 2. The van der Waals surface area contributed by atoms with Gasteiger partial charge in [0.05, 0.1) is 10.6 Å². The van der Waals surface area contributed by atoms with Crippen LogP contribution in [0.25, 0.3) is 0 Å². The maximum Gasteiger partial charge on any atom is 0.244 e. The Bertz CT molecular complexity index is 1040. The Labute approximate surface area is 195 Å². The third kappa shape index (κ3) is 6.37. The van der Waals surface area contributed by atoms with Crippen molar-refractivity contribution < 1.29 is 13.2 Å². The molecule has 9 heteroatoms. The van der Waals surface area contributed by atoms with E-state index in [1.165, 1.54) is 24.2 Å². The van der Waals surface area contributed by atoms with Crippen LogP contribution in [0.2, 0.25) is 0 Å². The van der Waals surface area contributed by atoms with E-state index in [2.05, 4.69) is 26.8 Å². The van der Waals surface area contributed by atoms with Crippen LogP contribution in [0.15, 0.2) is 28.5 Å². The summed E-state index contributed by atoms with van der Waals surface area (Å²) in [5, 5.41) is 5.25. The first-order valence-electron chi connectivity index (χ1n) is 11.1. The van der Waals surface area contributed by atoms with Gasteiger partial charge in [-0.3, -0.25) is 9.69 Å². The number of carbonyl (C=O) groups excluding carboxylic acids is 1. The second kappa shape index (κ2) is 10.4. The zero-order valence-corrected chi connectivity index (χ0v) is 21.1. The van der Waals surface area contributed by atoms with Crippen molar-refractivity contribution in [3.8, 4) is 0 Å². The maximum atomic E-state index is 12.9. The lowest BCUT2D eigenvalue weighted by molar-refractivity contribution is -0.118. The Hall–Kier alpha value is -1.81. The Balaban J connectivity index is 1.65. The van der Waals surface area contributed by atoms with Gasteiger partial charge < -0.3 is 5.32 Å². The summed E-state index contributed by atoms with van der Waals surface area (Å²) >= 11 is 1.37. The highest BCUT2D eigenvalue weighted by molar-refractivity contribution is 7.89. The number of hydrogen-bond donors (Lipinski definition) is 2. The number of carbonyl (C=O) groups is 1. The number of thiazole rings is 1. The highest BCUT2D eigenvalue weighted by atomic mass is 32.2. The molecule has 0 bridgehead atoms. The van der Waals surface area contributed by atoms with Gasteiger partial charge in [-0.05, 0) is 74.9 Å². The summed E-state index contributed by atoms with van der Waals surface area (Å²) in [6, 6.07) is 4.06. The second-order valence-corrected chi connectivity index (χ2v) is 11.8. The first-order valence-corrected chi connectivity index (χ1v) is 13.5. The monoisotopic (exact) mass is 478 g/mol. The average molecular weight is 479 g/mol. The van der Waals surface area contributed by atoms with Gasteiger partial charge in [0.15, 0.2) is 5.13 Å². The molecule has 0 radical (unpaired) electrons. The molecule has 1 saturated heterocycles. The summed E-state index contributed by atoms with van der Waals surface area (Å²) in [6.07, 6.45) is 2.40. The largest absolute Gasteiger partial charge is 0.301 e. The van der Waals surface area contributed by atoms with E-state index in [4.69, 9.17) is 0 Å². The van der Waals surface area contributed by atoms with Crippen molar-refractivity contribution in [2.75, 3.05) is 18.4 Å². The van der Waals surface area contributed by atoms with Gasteiger partial charge in [0.2, 0.25) is 15.9 Å². The van der Waals surface area contributed by atoms with Gasteiger partial charge in [0, 0.05) is 11.9 Å². The molecule has 1 aliphatic heterocycles. The van der Waals surface area contributed by atoms with E-state index in [9.17, 15) is 13.2 Å². The fourth-order valence-corrected chi connectivity index (χ4v) is 5.81. The van der Waals surface area contributed by atoms with Crippen LogP contribution < -0.4 is 10.0 Å². The molecule has 2 N–H and O–H groups in total. The number of sulfonamides is 1. The van der Waals surface area contributed by atoms with Crippen LogP contribution in [0.4, 0.5) is 5.13 Å². The predicted molar refractivity (Wildman–Crippen MR) is 129 cm³/mol. The summed E-state index contributed by atoms with van der Waals surface area (Å²) in [7, 11) is -3.83. The molecule has 1 aromatic heterocycles. The molecular formula is C23H34N4O3S2. The van der Waals surface area contributed by atoms with E-state index in [0.29, 0.717) is 5.13 Å². The number of benzene rings is 1. The van der Waals surface area contributed by atoms with E-state index in [-0.39, 0.29) is 10.8 Å². The molecule has 0 spiro atoms. The van der Waals surface area contributed by atoms with Crippen LogP contribution in [0.1, 0.15) is 50.4 Å². The molecule has 176 valence electrons. The molecule has 1 aromatic carbocycles. The van der Waals surface area contributed by atoms with Crippen molar-refractivity contribution in [1.29, 1.82) is 0 Å². The topological polar surface area (TPSA) is 91.4 Å². The molecule has 1 fully saturated rings. The van der Waals surface area contributed by atoms with E-state index >= 15 is 0 Å². The lowest BCUT2D eigenvalue weighted by Gasteiger charge is -2.29. The lowest BCUT2D eigenvalue weighted by Crippen LogP contribution is -2.47. The molecule has 0 saturated carbocycles. The second-order valence-electron chi connectivity index (χ2n) is 9.18. The van der Waals surface area contributed by atoms with Crippen molar-refractivity contribution in [3.63, 3.8) is 0 Å². The summed E-state index contributed by atoms with van der Waals surface area (Å²) in [5.41, 5.74) is 2.83. The Morgan fingerprint density at radius 3 is 2.53 bits per heavy atom. The number of anilines is 1. The molecule has 2 heterocycles. The van der Waals surface area contributed by atoms with Crippen molar-refractivity contribution in [2.45, 2.75) is 64.9 Å². The fraction of sp³-hybridized carbons (Fsp3) is 0.565. The summed E-state index contributed by atoms with van der Waals surface area (Å²) in [5.74, 6) is 0.142. The van der Waals surface area contributed by atoms with E-state index < -0.39 is 22.0 Å². The predicted octanol–water partition coefficient (Wildman–Crippen LogP) is 3.93. The Kier molecular flexibility index (Phi) is 8.08. The Morgan fingerprint density at radius 1 is 1.22 bits per heavy atom. The maximum absolute atomic E-state index is 12.9. The van der Waals surface area contributed by atoms with Crippen molar-refractivity contribution >= 4 is 32.4 Å². The number of hydrogen-bond acceptors (Lipinski definition) is 6. The minimum Gasteiger partial charge on any atom is -0.301 e. The van der Waals surface area contributed by atoms with Crippen LogP contribution in [-0.4, -0.2) is 43.3 Å². The van der Waals surface area contributed by atoms with Crippen molar-refractivity contribution in [2.24, 2.45) is 11.8 Å². The molecule has 7 nitrogen and oxygen atoms in total. The highest BCUT2D eigenvalue weighted by Crippen LogP contribution is 2.22. The number of rotatable bonds is 8. The normalized spacial score (nSPS) is 16.9. The number of aryl methyl sites for hydroxylation is 2. The molecule has 2 aromatic rings. The van der Waals surface area contributed by atoms with Gasteiger partial charge in [0.25, 0.3) is 0 Å². The van der Waals surface area contributed by atoms with Gasteiger partial charge in [0.1, 0.15) is 6.04 Å². The number of piperidine rings is 1. The van der Waals surface area contributed by atoms with Gasteiger partial charge >= 0.3 is 0 Å². The van der Waals surface area contributed by atoms with Crippen molar-refractivity contribution in [1.82, 2.24) is 14.6 Å². The minimum atomic E-state index is -3.83. The summed E-state index contributed by atoms with van der Waals surface area (Å²) < 4.78 is 28.4. The molecule has 1 amide bonds. The standard InChI is InChI=1S/C23H34N4O3S2/c1-15(2)21(26-32(29,30)20-7-6-17(4)18(5)12-20)22(28)25-23-24-19(14-31-23)13-27-10-8-16(3)9-11-27/h6-7,12,14-16,21,26H,8-11,13H2,1-5H3,(H,24,25,28). The zero-order chi connectivity index (χ0) is 23.5. The molecule has 32 heavy (non-hydrogen) atoms. The molecule has 1 atom stereocenters. The van der Waals surface area contributed by atoms with Gasteiger partial charge in [-0.1, -0.05) is 26.8 Å². The van der Waals surface area contributed by atoms with Gasteiger partial charge in [-0.25, -0.2) is 13.4 Å². The highest BCUT2D eigenvalue weighted by Gasteiger charge is 2.29. The van der Waals surface area contributed by atoms with Gasteiger partial charge in [-0.15, -0.1) is 11.3 Å². The lowest BCUT2D eigenvalue weighted by atomic mass is 9.99. The molecule has 0 aliphatic carbocycles. The van der Waals surface area contributed by atoms with E-state index in [0.717, 1.165) is 42.4 Å². The number of aromatic nitrogens is 1. The van der Waals surface area contributed by atoms with Crippen LogP contribution >= 0.6 is 11.3 Å². The molecular weight excluding hydrogens is 444 g/mol. The third-order valence-electron chi connectivity index (χ3n) is 6.06. The third-order valence-corrected chi connectivity index (χ3v) is 8.31. The van der Waals surface area contributed by atoms with Crippen LogP contribution in [0.5, 0.6) is 0 Å².